The van der Waals surface area contributed by atoms with E-state index in [4.69, 9.17) is 10.5 Å². The Bertz CT molecular complexity index is 470. The second-order valence-electron chi connectivity index (χ2n) is 3.52. The Morgan fingerprint density at radius 2 is 2.06 bits per heavy atom. The van der Waals surface area contributed by atoms with Crippen LogP contribution in [0.1, 0.15) is 17.2 Å². The molecule has 1 aliphatic heterocycles. The summed E-state index contributed by atoms with van der Waals surface area (Å²) in [6, 6.07) is 2.63. The lowest BCUT2D eigenvalue weighted by Crippen LogP contribution is -2.14. The maximum atomic E-state index is 13.0. The molecule has 0 aliphatic carbocycles. The van der Waals surface area contributed by atoms with Crippen LogP contribution in [0.5, 0.6) is 0 Å². The predicted molar refractivity (Wildman–Crippen MR) is 51.7 cm³/mol. The molecule has 1 aromatic rings. The zero-order valence-corrected chi connectivity index (χ0v) is 8.46. The Hall–Kier alpha value is -1.79. The summed E-state index contributed by atoms with van der Waals surface area (Å²) in [7, 11) is 0. The largest absolute Gasteiger partial charge is 0.455 e. The Morgan fingerprint density at radius 3 is 2.59 bits per heavy atom. The highest BCUT2D eigenvalue weighted by Gasteiger charge is 2.35. The zero-order valence-electron chi connectivity index (χ0n) is 8.46. The van der Waals surface area contributed by atoms with Crippen LogP contribution in [0.2, 0.25) is 0 Å². The number of nitrogens with two attached hydrogens (primary N) is 1. The van der Waals surface area contributed by atoms with E-state index < -0.39 is 23.7 Å². The summed E-state index contributed by atoms with van der Waals surface area (Å²) in [6.07, 6.45) is -5.41. The van der Waals surface area contributed by atoms with E-state index in [1.807, 2.05) is 0 Å². The van der Waals surface area contributed by atoms with Crippen LogP contribution < -0.4 is 5.73 Å². The maximum Gasteiger partial charge on any atom is 0.419 e. The molecule has 0 spiro atoms. The summed E-state index contributed by atoms with van der Waals surface area (Å²) in [6.45, 7) is 0.134. The Balaban J connectivity index is 2.32. The molecular formula is C10H8F4N2O. The normalized spacial score (nSPS) is 20.0. The molecule has 0 bridgehead atoms. The van der Waals surface area contributed by atoms with Crippen molar-refractivity contribution < 1.29 is 22.3 Å². The van der Waals surface area contributed by atoms with Gasteiger partial charge >= 0.3 is 6.18 Å². The molecule has 0 saturated carbocycles. The van der Waals surface area contributed by atoms with Gasteiger partial charge in [0.25, 0.3) is 6.02 Å². The minimum absolute atomic E-state index is 0.0760. The Labute approximate surface area is 93.9 Å². The van der Waals surface area contributed by atoms with E-state index in [1.54, 1.807) is 0 Å². The molecular weight excluding hydrogens is 240 g/mol. The van der Waals surface area contributed by atoms with E-state index >= 15 is 0 Å². The SMILES string of the molecule is NC1=NCC(c2ccc(F)c(C(F)(F)F)c2)O1. The molecule has 7 heteroatoms. The molecule has 1 unspecified atom stereocenters. The van der Waals surface area contributed by atoms with Crippen LogP contribution in [0.15, 0.2) is 23.2 Å². The number of ether oxygens (including phenoxy) is 1. The number of hydrogen-bond donors (Lipinski definition) is 1. The molecule has 1 atom stereocenters. The van der Waals surface area contributed by atoms with Gasteiger partial charge in [0.1, 0.15) is 11.9 Å². The fraction of sp³-hybridized carbons (Fsp3) is 0.300. The molecule has 1 aromatic carbocycles. The topological polar surface area (TPSA) is 47.6 Å². The van der Waals surface area contributed by atoms with E-state index in [0.29, 0.717) is 6.07 Å². The van der Waals surface area contributed by atoms with Crippen molar-refractivity contribution in [3.63, 3.8) is 0 Å². The molecule has 1 aliphatic rings. The standard InChI is InChI=1S/C10H8F4N2O/c11-7-2-1-5(3-6(7)10(12,13)14)8-4-16-9(15)17-8/h1-3,8H,4H2,(H2,15,16). The van der Waals surface area contributed by atoms with Crippen molar-refractivity contribution in [1.82, 2.24) is 0 Å². The Kier molecular flexibility index (Phi) is 2.68. The van der Waals surface area contributed by atoms with Gasteiger partial charge in [0.15, 0.2) is 0 Å². The fourth-order valence-corrected chi connectivity index (χ4v) is 1.53. The lowest BCUT2D eigenvalue weighted by molar-refractivity contribution is -0.140. The van der Waals surface area contributed by atoms with E-state index in [9.17, 15) is 17.6 Å². The van der Waals surface area contributed by atoms with Gasteiger partial charge in [-0.15, -0.1) is 0 Å². The van der Waals surface area contributed by atoms with Crippen LogP contribution in [-0.2, 0) is 10.9 Å². The van der Waals surface area contributed by atoms with Crippen molar-refractivity contribution in [2.45, 2.75) is 12.3 Å². The van der Waals surface area contributed by atoms with Crippen molar-refractivity contribution in [3.05, 3.63) is 35.1 Å². The van der Waals surface area contributed by atoms with Gasteiger partial charge in [0.05, 0.1) is 12.1 Å². The monoisotopic (exact) mass is 248 g/mol. The summed E-state index contributed by atoms with van der Waals surface area (Å²) in [5, 5.41) is 0. The quantitative estimate of drug-likeness (QED) is 0.775. The number of halogens is 4. The summed E-state index contributed by atoms with van der Waals surface area (Å²) in [5.41, 5.74) is 4.13. The average Bonchev–Trinajstić information content (AvgIpc) is 2.64. The van der Waals surface area contributed by atoms with Crippen LogP contribution >= 0.6 is 0 Å². The van der Waals surface area contributed by atoms with Crippen LogP contribution in [-0.4, -0.2) is 12.6 Å². The van der Waals surface area contributed by atoms with Crippen LogP contribution in [0, 0.1) is 5.82 Å². The van der Waals surface area contributed by atoms with Crippen LogP contribution in [0.25, 0.3) is 0 Å². The van der Waals surface area contributed by atoms with Crippen molar-refractivity contribution >= 4 is 6.02 Å². The first-order valence-electron chi connectivity index (χ1n) is 4.71. The molecule has 0 radical (unpaired) electrons. The Morgan fingerprint density at radius 1 is 1.35 bits per heavy atom. The minimum Gasteiger partial charge on any atom is -0.455 e. The van der Waals surface area contributed by atoms with Crippen molar-refractivity contribution in [1.29, 1.82) is 0 Å². The van der Waals surface area contributed by atoms with Crippen molar-refractivity contribution in [2.75, 3.05) is 6.54 Å². The molecule has 0 amide bonds. The van der Waals surface area contributed by atoms with Gasteiger partial charge < -0.3 is 10.5 Å². The van der Waals surface area contributed by atoms with Gasteiger partial charge in [-0.25, -0.2) is 9.38 Å². The molecule has 2 rings (SSSR count). The number of benzene rings is 1. The number of hydrogen-bond acceptors (Lipinski definition) is 3. The number of nitrogens with zero attached hydrogens (tertiary/aromatic N) is 1. The molecule has 0 fully saturated rings. The zero-order chi connectivity index (χ0) is 12.6. The van der Waals surface area contributed by atoms with E-state index in [-0.39, 0.29) is 18.1 Å². The third-order valence-corrected chi connectivity index (χ3v) is 2.34. The highest BCUT2D eigenvalue weighted by atomic mass is 19.4. The number of rotatable bonds is 1. The van der Waals surface area contributed by atoms with Gasteiger partial charge in [-0.05, 0) is 17.7 Å². The molecule has 0 saturated heterocycles. The average molecular weight is 248 g/mol. The lowest BCUT2D eigenvalue weighted by atomic mass is 10.1. The third-order valence-electron chi connectivity index (χ3n) is 2.34. The summed E-state index contributed by atoms with van der Waals surface area (Å²) >= 11 is 0. The predicted octanol–water partition coefficient (Wildman–Crippen LogP) is 2.23. The van der Waals surface area contributed by atoms with Crippen LogP contribution in [0.4, 0.5) is 17.6 Å². The lowest BCUT2D eigenvalue weighted by Gasteiger charge is -2.13. The van der Waals surface area contributed by atoms with Crippen molar-refractivity contribution in [2.24, 2.45) is 10.7 Å². The van der Waals surface area contributed by atoms with Gasteiger partial charge in [-0.1, -0.05) is 6.07 Å². The molecule has 92 valence electrons. The van der Waals surface area contributed by atoms with E-state index in [0.717, 1.165) is 6.07 Å². The first-order chi connectivity index (χ1) is 7.88. The second-order valence-corrected chi connectivity index (χ2v) is 3.52. The highest BCUT2D eigenvalue weighted by Crippen LogP contribution is 2.34. The number of amidine groups is 1. The minimum atomic E-state index is -4.73. The fourth-order valence-electron chi connectivity index (χ4n) is 1.53. The van der Waals surface area contributed by atoms with E-state index in [2.05, 4.69) is 4.99 Å². The summed E-state index contributed by atoms with van der Waals surface area (Å²) < 4.78 is 55.4. The van der Waals surface area contributed by atoms with Crippen molar-refractivity contribution in [3.8, 4) is 0 Å². The third kappa shape index (κ3) is 2.32. The van der Waals surface area contributed by atoms with Gasteiger partial charge in [0.2, 0.25) is 0 Å². The second kappa shape index (κ2) is 3.90. The maximum absolute atomic E-state index is 13.0. The number of aliphatic imine (C=N–C) groups is 1. The first-order valence-corrected chi connectivity index (χ1v) is 4.71. The first kappa shape index (κ1) is 11.7. The number of alkyl halides is 3. The molecule has 1 heterocycles. The highest BCUT2D eigenvalue weighted by molar-refractivity contribution is 5.73. The van der Waals surface area contributed by atoms with Gasteiger partial charge in [0, 0.05) is 0 Å². The summed E-state index contributed by atoms with van der Waals surface area (Å²) in [4.78, 5) is 3.71. The smallest absolute Gasteiger partial charge is 0.419 e. The molecule has 2 N–H and O–H groups in total. The molecule has 3 nitrogen and oxygen atoms in total. The molecule has 17 heavy (non-hydrogen) atoms. The van der Waals surface area contributed by atoms with Crippen LogP contribution in [0.3, 0.4) is 0 Å². The summed E-state index contributed by atoms with van der Waals surface area (Å²) in [5.74, 6) is -1.31. The van der Waals surface area contributed by atoms with Gasteiger partial charge in [-0.2, -0.15) is 13.2 Å². The van der Waals surface area contributed by atoms with Gasteiger partial charge in [-0.3, -0.25) is 0 Å². The molecule has 0 aromatic heterocycles. The van der Waals surface area contributed by atoms with E-state index in [1.165, 1.54) is 6.07 Å².